The second-order valence-electron chi connectivity index (χ2n) is 4.11. The maximum absolute atomic E-state index is 5.83. The van der Waals surface area contributed by atoms with Gasteiger partial charge in [0.05, 0.1) is 13.2 Å². The predicted molar refractivity (Wildman–Crippen MR) is 61.6 cm³/mol. The van der Waals surface area contributed by atoms with Gasteiger partial charge in [0, 0.05) is 32.0 Å². The Kier molecular flexibility index (Phi) is 3.74. The van der Waals surface area contributed by atoms with Crippen molar-refractivity contribution in [2.24, 2.45) is 0 Å². The van der Waals surface area contributed by atoms with E-state index in [1.807, 2.05) is 12.1 Å². The molecule has 1 aliphatic rings. The third kappa shape index (κ3) is 2.71. The lowest BCUT2D eigenvalue weighted by atomic mass is 10.1. The first-order valence-corrected chi connectivity index (χ1v) is 5.59. The van der Waals surface area contributed by atoms with Crippen LogP contribution < -0.4 is 4.74 Å². The number of nitrogens with zero attached hydrogens (tertiary/aromatic N) is 2. The monoisotopic (exact) mass is 222 g/mol. The number of pyridine rings is 1. The van der Waals surface area contributed by atoms with Crippen LogP contribution in [-0.2, 0) is 4.74 Å². The van der Waals surface area contributed by atoms with Crippen molar-refractivity contribution in [3.8, 4) is 5.88 Å². The molecule has 0 spiro atoms. The van der Waals surface area contributed by atoms with Crippen LogP contribution in [0.25, 0.3) is 0 Å². The Labute approximate surface area is 96.2 Å². The van der Waals surface area contributed by atoms with Gasteiger partial charge >= 0.3 is 0 Å². The molecule has 0 aromatic carbocycles. The summed E-state index contributed by atoms with van der Waals surface area (Å²) in [6, 6.07) is 3.94. The van der Waals surface area contributed by atoms with Crippen LogP contribution >= 0.6 is 0 Å². The fraction of sp³-hybridized carbons (Fsp3) is 0.583. The van der Waals surface area contributed by atoms with Crippen LogP contribution in [0.4, 0.5) is 0 Å². The molecule has 1 fully saturated rings. The summed E-state index contributed by atoms with van der Waals surface area (Å²) in [6.45, 7) is 2.84. The molecule has 0 amide bonds. The lowest BCUT2D eigenvalue weighted by molar-refractivity contribution is 0.0566. The number of methoxy groups -OCH3 is 1. The highest BCUT2D eigenvalue weighted by Gasteiger charge is 2.18. The molecule has 4 nitrogen and oxygen atoms in total. The average molecular weight is 222 g/mol. The molecule has 4 heteroatoms. The third-order valence-corrected chi connectivity index (χ3v) is 2.82. The molecule has 1 aromatic rings. The molecule has 88 valence electrons. The summed E-state index contributed by atoms with van der Waals surface area (Å²) in [5, 5.41) is 0. The van der Waals surface area contributed by atoms with Gasteiger partial charge in [0.15, 0.2) is 0 Å². The molecule has 1 atom stereocenters. The van der Waals surface area contributed by atoms with Crippen LogP contribution in [0.3, 0.4) is 0 Å². The highest BCUT2D eigenvalue weighted by atomic mass is 16.5. The fourth-order valence-corrected chi connectivity index (χ4v) is 1.93. The Morgan fingerprint density at radius 2 is 2.44 bits per heavy atom. The van der Waals surface area contributed by atoms with Crippen molar-refractivity contribution in [1.82, 2.24) is 9.88 Å². The zero-order valence-corrected chi connectivity index (χ0v) is 9.85. The van der Waals surface area contributed by atoms with E-state index in [1.54, 1.807) is 13.3 Å². The lowest BCUT2D eigenvalue weighted by Gasteiger charge is -2.20. The van der Waals surface area contributed by atoms with Crippen molar-refractivity contribution in [2.75, 3.05) is 33.9 Å². The maximum atomic E-state index is 5.83. The van der Waals surface area contributed by atoms with E-state index in [4.69, 9.17) is 9.47 Å². The van der Waals surface area contributed by atoms with Crippen LogP contribution in [0, 0.1) is 0 Å². The van der Waals surface area contributed by atoms with E-state index >= 15 is 0 Å². The first-order valence-electron chi connectivity index (χ1n) is 5.59. The van der Waals surface area contributed by atoms with Crippen molar-refractivity contribution in [2.45, 2.75) is 12.5 Å². The lowest BCUT2D eigenvalue weighted by Crippen LogP contribution is -2.23. The molecule has 0 bridgehead atoms. The summed E-state index contributed by atoms with van der Waals surface area (Å²) < 4.78 is 11.0. The second kappa shape index (κ2) is 5.27. The Bertz CT molecular complexity index is 344. The number of hydrogen-bond donors (Lipinski definition) is 0. The van der Waals surface area contributed by atoms with E-state index in [2.05, 4.69) is 16.9 Å². The molecular formula is C12H18N2O2. The van der Waals surface area contributed by atoms with E-state index in [1.165, 1.54) is 0 Å². The van der Waals surface area contributed by atoms with E-state index in [0.717, 1.165) is 31.7 Å². The number of likely N-dealkylation sites (N-methyl/N-ethyl adjacent to an activating group) is 1. The summed E-state index contributed by atoms with van der Waals surface area (Å²) in [7, 11) is 3.76. The Balaban J connectivity index is 2.14. The van der Waals surface area contributed by atoms with Crippen LogP contribution in [0.2, 0.25) is 0 Å². The first kappa shape index (κ1) is 11.4. The molecule has 1 unspecified atom stereocenters. The molecule has 2 rings (SSSR count). The Morgan fingerprint density at radius 1 is 1.56 bits per heavy atom. The van der Waals surface area contributed by atoms with Gasteiger partial charge in [-0.2, -0.15) is 0 Å². The summed E-state index contributed by atoms with van der Waals surface area (Å²) in [4.78, 5) is 6.40. The molecule has 1 aromatic heterocycles. The van der Waals surface area contributed by atoms with Gasteiger partial charge < -0.3 is 14.4 Å². The van der Waals surface area contributed by atoms with Gasteiger partial charge in [0.1, 0.15) is 0 Å². The van der Waals surface area contributed by atoms with Gasteiger partial charge in [-0.05, 0) is 25.1 Å². The minimum atomic E-state index is 0.129. The zero-order valence-electron chi connectivity index (χ0n) is 9.85. The van der Waals surface area contributed by atoms with Gasteiger partial charge in [-0.3, -0.25) is 0 Å². The van der Waals surface area contributed by atoms with Crippen molar-refractivity contribution < 1.29 is 9.47 Å². The van der Waals surface area contributed by atoms with Crippen LogP contribution in [-0.4, -0.2) is 43.7 Å². The molecule has 16 heavy (non-hydrogen) atoms. The molecule has 0 saturated carbocycles. The quantitative estimate of drug-likeness (QED) is 0.759. The third-order valence-electron chi connectivity index (χ3n) is 2.82. The molecular weight excluding hydrogens is 204 g/mol. The van der Waals surface area contributed by atoms with Gasteiger partial charge in [-0.15, -0.1) is 0 Å². The molecule has 0 N–H and O–H groups in total. The largest absolute Gasteiger partial charge is 0.481 e. The van der Waals surface area contributed by atoms with Crippen molar-refractivity contribution >= 4 is 0 Å². The number of rotatable bonds is 2. The average Bonchev–Trinajstić information content (AvgIpc) is 2.54. The van der Waals surface area contributed by atoms with E-state index in [9.17, 15) is 0 Å². The van der Waals surface area contributed by atoms with E-state index < -0.39 is 0 Å². The van der Waals surface area contributed by atoms with Crippen molar-refractivity contribution in [3.05, 3.63) is 23.9 Å². The van der Waals surface area contributed by atoms with Crippen LogP contribution in [0.1, 0.15) is 18.1 Å². The molecule has 1 aliphatic heterocycles. The standard InChI is InChI=1S/C12H18N2O2/c1-14-6-3-7-16-11(9-14)10-4-5-13-12(8-10)15-2/h4-5,8,11H,3,6-7,9H2,1-2H3. The molecule has 2 heterocycles. The Morgan fingerprint density at radius 3 is 3.25 bits per heavy atom. The molecule has 0 aliphatic carbocycles. The maximum Gasteiger partial charge on any atom is 0.213 e. The molecule has 1 saturated heterocycles. The summed E-state index contributed by atoms with van der Waals surface area (Å²) in [5.74, 6) is 0.646. The summed E-state index contributed by atoms with van der Waals surface area (Å²) >= 11 is 0. The van der Waals surface area contributed by atoms with Gasteiger partial charge in [0.2, 0.25) is 5.88 Å². The number of aromatic nitrogens is 1. The van der Waals surface area contributed by atoms with Crippen LogP contribution in [0.5, 0.6) is 5.88 Å². The predicted octanol–water partition coefficient (Wildman–Crippen LogP) is 1.48. The first-order chi connectivity index (χ1) is 7.79. The van der Waals surface area contributed by atoms with Crippen molar-refractivity contribution in [3.63, 3.8) is 0 Å². The van der Waals surface area contributed by atoms with E-state index in [0.29, 0.717) is 5.88 Å². The van der Waals surface area contributed by atoms with Gasteiger partial charge in [-0.25, -0.2) is 4.98 Å². The molecule has 0 radical (unpaired) electrons. The highest BCUT2D eigenvalue weighted by Crippen LogP contribution is 2.23. The number of ether oxygens (including phenoxy) is 2. The topological polar surface area (TPSA) is 34.6 Å². The SMILES string of the molecule is COc1cc(C2CN(C)CCCO2)ccn1. The Hall–Kier alpha value is -1.13. The minimum Gasteiger partial charge on any atom is -0.481 e. The number of hydrogen-bond acceptors (Lipinski definition) is 4. The van der Waals surface area contributed by atoms with Gasteiger partial charge in [0.25, 0.3) is 0 Å². The van der Waals surface area contributed by atoms with Crippen molar-refractivity contribution in [1.29, 1.82) is 0 Å². The highest BCUT2D eigenvalue weighted by molar-refractivity contribution is 5.23. The van der Waals surface area contributed by atoms with Crippen LogP contribution in [0.15, 0.2) is 18.3 Å². The van der Waals surface area contributed by atoms with Gasteiger partial charge in [-0.1, -0.05) is 0 Å². The normalized spacial score (nSPS) is 22.8. The van der Waals surface area contributed by atoms with E-state index in [-0.39, 0.29) is 6.10 Å². The fourth-order valence-electron chi connectivity index (χ4n) is 1.93. The summed E-state index contributed by atoms with van der Waals surface area (Å²) in [5.41, 5.74) is 1.14. The summed E-state index contributed by atoms with van der Waals surface area (Å²) in [6.07, 6.45) is 2.99. The second-order valence-corrected chi connectivity index (χ2v) is 4.11. The minimum absolute atomic E-state index is 0.129. The smallest absolute Gasteiger partial charge is 0.213 e. The zero-order chi connectivity index (χ0) is 11.4.